The summed E-state index contributed by atoms with van der Waals surface area (Å²) in [5.74, 6) is 0. The van der Waals surface area contributed by atoms with Crippen molar-refractivity contribution in [3.8, 4) is 0 Å². The summed E-state index contributed by atoms with van der Waals surface area (Å²) in [5.41, 5.74) is 0. The molecule has 0 aliphatic rings. The van der Waals surface area contributed by atoms with Gasteiger partial charge in [0.05, 0.1) is 0 Å². The fraction of sp³-hybridized carbons (Fsp3) is 0. The monoisotopic (exact) mass is 135 g/mol. The van der Waals surface area contributed by atoms with E-state index in [0.717, 1.165) is 0 Å². The molecule has 0 aliphatic carbocycles. The van der Waals surface area contributed by atoms with E-state index in [0.29, 0.717) is 0 Å². The quantitative estimate of drug-likeness (QED) is 0.315. The molecule has 0 heterocycles. The Kier molecular flexibility index (Phi) is 191. The molecule has 0 spiro atoms. The number of hydrogen-bond acceptors (Lipinski definition) is 0. The molecular formula is H2BClNaZn. The Labute approximate surface area is 70.6 Å². The molecule has 0 saturated heterocycles. The Morgan fingerprint density at radius 2 is 1.25 bits per heavy atom. The van der Waals surface area contributed by atoms with Gasteiger partial charge in [-0.15, -0.1) is 12.4 Å². The summed E-state index contributed by atoms with van der Waals surface area (Å²) in [5, 5.41) is 0. The van der Waals surface area contributed by atoms with Crippen molar-refractivity contribution in [1.29, 1.82) is 0 Å². The zero-order valence-electron chi connectivity index (χ0n) is 3.69. The maximum Gasteiger partial charge on any atom is 1.00 e. The standard InChI is InChI=1S/B.ClH.Na.Zn.H/h;1H;;;/q;;+1;;-1. The Morgan fingerprint density at radius 3 is 1.25 bits per heavy atom. The van der Waals surface area contributed by atoms with E-state index in [1.807, 2.05) is 0 Å². The van der Waals surface area contributed by atoms with E-state index in [2.05, 4.69) is 0 Å². The second kappa shape index (κ2) is 20.1. The van der Waals surface area contributed by atoms with Gasteiger partial charge in [0.25, 0.3) is 0 Å². The first-order valence-electron chi connectivity index (χ1n) is 0. The summed E-state index contributed by atoms with van der Waals surface area (Å²) in [7, 11) is 0. The van der Waals surface area contributed by atoms with E-state index in [4.69, 9.17) is 0 Å². The normalized spacial score (nSPS) is 0. The van der Waals surface area contributed by atoms with Gasteiger partial charge in [-0.25, -0.2) is 0 Å². The third-order valence-electron chi connectivity index (χ3n) is 0. The molecule has 4 heteroatoms. The van der Waals surface area contributed by atoms with E-state index in [1.165, 1.54) is 0 Å². The first-order chi connectivity index (χ1) is 0. The first kappa shape index (κ1) is 37.9. The molecule has 0 aromatic rings. The van der Waals surface area contributed by atoms with Gasteiger partial charge in [0.2, 0.25) is 0 Å². The Balaban J connectivity index is 0. The zero-order valence-corrected chi connectivity index (χ0v) is 8.48. The van der Waals surface area contributed by atoms with Crippen molar-refractivity contribution in [2.45, 2.75) is 0 Å². The minimum Gasteiger partial charge on any atom is -1.00 e. The van der Waals surface area contributed by atoms with Gasteiger partial charge in [-0.2, -0.15) is 0 Å². The van der Waals surface area contributed by atoms with Crippen LogP contribution in [0.3, 0.4) is 0 Å². The largest absolute Gasteiger partial charge is 1.00 e. The van der Waals surface area contributed by atoms with Gasteiger partial charge in [-0.05, 0) is 0 Å². The van der Waals surface area contributed by atoms with Gasteiger partial charge < -0.3 is 1.43 Å². The van der Waals surface area contributed by atoms with Crippen LogP contribution in [-0.2, 0) is 19.5 Å². The maximum atomic E-state index is 0. The van der Waals surface area contributed by atoms with Crippen LogP contribution in [0, 0.1) is 0 Å². The van der Waals surface area contributed by atoms with Crippen LogP contribution in [0.25, 0.3) is 0 Å². The minimum atomic E-state index is 0. The summed E-state index contributed by atoms with van der Waals surface area (Å²) in [6.07, 6.45) is 0. The summed E-state index contributed by atoms with van der Waals surface area (Å²) < 4.78 is 0. The molecule has 15 valence electrons. The number of rotatable bonds is 0. The molecule has 0 aromatic heterocycles. The van der Waals surface area contributed by atoms with E-state index >= 15 is 0 Å². The predicted octanol–water partition coefficient (Wildman–Crippen LogP) is -2.85. The molecule has 0 amide bonds. The molecule has 0 saturated carbocycles. The SMILES string of the molecule is Cl.[B].[H-].[Na+].[Zn]. The average Bonchev–Trinajstić information content (AvgIpc) is 0. The fourth-order valence-corrected chi connectivity index (χ4v) is 0. The van der Waals surface area contributed by atoms with Gasteiger partial charge >= 0.3 is 29.6 Å². The molecule has 0 nitrogen and oxygen atoms in total. The van der Waals surface area contributed by atoms with E-state index in [9.17, 15) is 0 Å². The van der Waals surface area contributed by atoms with Gasteiger partial charge in [-0.3, -0.25) is 0 Å². The molecule has 0 aliphatic heterocycles. The van der Waals surface area contributed by atoms with Crippen molar-refractivity contribution in [2.24, 2.45) is 0 Å². The molecular weight excluding hydrogens is 135 g/mol. The van der Waals surface area contributed by atoms with Gasteiger partial charge in [-0.1, -0.05) is 0 Å². The van der Waals surface area contributed by atoms with Gasteiger partial charge in [0.15, 0.2) is 0 Å². The summed E-state index contributed by atoms with van der Waals surface area (Å²) in [6, 6.07) is 0. The molecule has 0 fully saturated rings. The van der Waals surface area contributed by atoms with Crippen molar-refractivity contribution >= 4 is 20.8 Å². The van der Waals surface area contributed by atoms with Crippen molar-refractivity contribution in [2.75, 3.05) is 0 Å². The Morgan fingerprint density at radius 1 is 1.25 bits per heavy atom. The van der Waals surface area contributed by atoms with Crippen LogP contribution >= 0.6 is 12.4 Å². The maximum absolute atomic E-state index is 0. The molecule has 0 rings (SSSR count). The van der Waals surface area contributed by atoms with E-state index in [1.54, 1.807) is 0 Å². The van der Waals surface area contributed by atoms with Crippen LogP contribution in [0.1, 0.15) is 1.43 Å². The second-order valence-electron chi connectivity index (χ2n) is 0. The number of hydrogen-bond donors (Lipinski definition) is 0. The van der Waals surface area contributed by atoms with Crippen molar-refractivity contribution in [3.63, 3.8) is 0 Å². The van der Waals surface area contributed by atoms with Crippen LogP contribution in [0.2, 0.25) is 0 Å². The Bertz CT molecular complexity index is 11.6. The van der Waals surface area contributed by atoms with Crippen molar-refractivity contribution in [1.82, 2.24) is 0 Å². The van der Waals surface area contributed by atoms with Gasteiger partial charge in [0, 0.05) is 27.9 Å². The topological polar surface area (TPSA) is 0 Å². The van der Waals surface area contributed by atoms with Crippen molar-refractivity contribution < 1.29 is 50.5 Å². The molecule has 4 heavy (non-hydrogen) atoms. The van der Waals surface area contributed by atoms with Crippen LogP contribution in [-0.4, -0.2) is 8.41 Å². The summed E-state index contributed by atoms with van der Waals surface area (Å²) >= 11 is 0. The third kappa shape index (κ3) is 9.02. The molecule has 3 radical (unpaired) electrons. The zero-order chi connectivity index (χ0) is 0. The minimum absolute atomic E-state index is 0. The van der Waals surface area contributed by atoms with Crippen LogP contribution in [0.15, 0.2) is 0 Å². The first-order valence-corrected chi connectivity index (χ1v) is 0. The van der Waals surface area contributed by atoms with Crippen molar-refractivity contribution in [3.05, 3.63) is 0 Å². The average molecular weight is 137 g/mol. The second-order valence-corrected chi connectivity index (χ2v) is 0. The van der Waals surface area contributed by atoms with Gasteiger partial charge in [0.1, 0.15) is 0 Å². The molecule has 0 atom stereocenters. The summed E-state index contributed by atoms with van der Waals surface area (Å²) in [4.78, 5) is 0. The number of halogens is 1. The van der Waals surface area contributed by atoms with Crippen LogP contribution in [0.5, 0.6) is 0 Å². The molecule has 0 unspecified atom stereocenters. The molecule has 0 aromatic carbocycles. The Hall–Kier alpha value is 1.98. The third-order valence-corrected chi connectivity index (χ3v) is 0. The summed E-state index contributed by atoms with van der Waals surface area (Å²) in [6.45, 7) is 0. The van der Waals surface area contributed by atoms with E-state index < -0.39 is 0 Å². The molecule has 0 N–H and O–H groups in total. The van der Waals surface area contributed by atoms with Crippen LogP contribution in [0.4, 0.5) is 0 Å². The van der Waals surface area contributed by atoms with E-state index in [-0.39, 0.29) is 71.3 Å². The smallest absolute Gasteiger partial charge is 1.00 e. The fourth-order valence-electron chi connectivity index (χ4n) is 0. The van der Waals surface area contributed by atoms with Crippen LogP contribution < -0.4 is 29.6 Å². The predicted molar refractivity (Wildman–Crippen MR) is 14.1 cm³/mol. The molecule has 0 bridgehead atoms.